The molecule has 4 heterocycles. The Hall–Kier alpha value is -1.34. The van der Waals surface area contributed by atoms with Crippen molar-refractivity contribution in [2.45, 2.75) is 24.7 Å². The summed E-state index contributed by atoms with van der Waals surface area (Å²) in [4.78, 5) is 2.44. The maximum Gasteiger partial charge on any atom is 0.161 e. The molecule has 5 rings (SSSR count). The Bertz CT molecular complexity index is 669. The number of ether oxygens (including phenoxy) is 3. The number of likely N-dealkylation sites (tertiary alicyclic amines) is 1. The van der Waals surface area contributed by atoms with Crippen molar-refractivity contribution < 1.29 is 19.3 Å². The minimum atomic E-state index is -0.161. The number of nitrogens with zero attached hydrogens (tertiary/aromatic N) is 1. The van der Waals surface area contributed by atoms with E-state index in [1.165, 1.54) is 5.56 Å². The van der Waals surface area contributed by atoms with Crippen LogP contribution < -0.4 is 14.8 Å². The Balaban J connectivity index is 1.33. The van der Waals surface area contributed by atoms with Gasteiger partial charge in [0.1, 0.15) is 13.2 Å². The van der Waals surface area contributed by atoms with Gasteiger partial charge < -0.3 is 24.6 Å². The molecule has 1 unspecified atom stereocenters. The molecule has 4 aliphatic rings. The summed E-state index contributed by atoms with van der Waals surface area (Å²) in [6.45, 7) is 7.06. The standard InChI is InChI=1S/C19H26N2O4/c1-12-2-3-16-17(4-12)24-9-13(8-23-16)21-6-15-14(7-22)18-5-20-10-19(15,11-21)25-18/h2-4,13-15,18,20,22H,5-11H2,1H3/t13?,14-,15+,18+,19+/m0/s1. The van der Waals surface area contributed by atoms with Crippen LogP contribution in [0.25, 0.3) is 0 Å². The molecular weight excluding hydrogens is 320 g/mol. The summed E-state index contributed by atoms with van der Waals surface area (Å²) in [6.07, 6.45) is 0.153. The normalized spacial score (nSPS) is 39.9. The lowest BCUT2D eigenvalue weighted by Gasteiger charge is -2.35. The predicted molar refractivity (Wildman–Crippen MR) is 92.1 cm³/mol. The van der Waals surface area contributed by atoms with Crippen molar-refractivity contribution in [3.05, 3.63) is 23.8 Å². The molecule has 3 fully saturated rings. The van der Waals surface area contributed by atoms with Gasteiger partial charge in [-0.1, -0.05) is 6.07 Å². The molecule has 4 aliphatic heterocycles. The van der Waals surface area contributed by atoms with E-state index in [2.05, 4.69) is 23.2 Å². The second kappa shape index (κ2) is 5.84. The van der Waals surface area contributed by atoms with Gasteiger partial charge in [0.2, 0.25) is 0 Å². The molecule has 0 amide bonds. The van der Waals surface area contributed by atoms with E-state index >= 15 is 0 Å². The number of aliphatic hydroxyl groups is 1. The van der Waals surface area contributed by atoms with Gasteiger partial charge in [-0.15, -0.1) is 0 Å². The van der Waals surface area contributed by atoms with Crippen molar-refractivity contribution >= 4 is 0 Å². The van der Waals surface area contributed by atoms with Gasteiger partial charge in [-0.25, -0.2) is 0 Å². The Morgan fingerprint density at radius 2 is 2.12 bits per heavy atom. The van der Waals surface area contributed by atoms with Crippen molar-refractivity contribution in [3.63, 3.8) is 0 Å². The molecule has 2 bridgehead atoms. The molecule has 0 saturated carbocycles. The number of rotatable bonds is 2. The van der Waals surface area contributed by atoms with Crippen LogP contribution in [0.15, 0.2) is 18.2 Å². The zero-order valence-corrected chi connectivity index (χ0v) is 14.6. The summed E-state index contributed by atoms with van der Waals surface area (Å²) in [6, 6.07) is 6.28. The average Bonchev–Trinajstić information content (AvgIpc) is 2.93. The molecule has 25 heavy (non-hydrogen) atoms. The van der Waals surface area contributed by atoms with Gasteiger partial charge in [0.25, 0.3) is 0 Å². The minimum Gasteiger partial charge on any atom is -0.488 e. The van der Waals surface area contributed by atoms with E-state index in [9.17, 15) is 5.11 Å². The highest BCUT2D eigenvalue weighted by Crippen LogP contribution is 2.47. The monoisotopic (exact) mass is 346 g/mol. The SMILES string of the molecule is Cc1ccc2c(c1)OCC(N1C[C@@H]3[C@H](CO)[C@H]4CNC[C@]3(C1)O4)CO2. The second-order valence-electron chi connectivity index (χ2n) is 7.96. The number of hydrogen-bond donors (Lipinski definition) is 2. The highest BCUT2D eigenvalue weighted by atomic mass is 16.5. The van der Waals surface area contributed by atoms with Gasteiger partial charge in [0, 0.05) is 44.6 Å². The largest absolute Gasteiger partial charge is 0.488 e. The summed E-state index contributed by atoms with van der Waals surface area (Å²) in [5, 5.41) is 13.4. The zero-order valence-electron chi connectivity index (χ0n) is 14.6. The highest BCUT2D eigenvalue weighted by Gasteiger charge is 2.61. The van der Waals surface area contributed by atoms with Crippen LogP contribution in [0.1, 0.15) is 5.56 Å². The third kappa shape index (κ3) is 2.46. The lowest BCUT2D eigenvalue weighted by atomic mass is 9.83. The smallest absolute Gasteiger partial charge is 0.161 e. The summed E-state index contributed by atoms with van der Waals surface area (Å²) in [5.74, 6) is 2.27. The van der Waals surface area contributed by atoms with Crippen LogP contribution in [0.5, 0.6) is 11.5 Å². The minimum absolute atomic E-state index is 0.153. The number of fused-ring (bicyclic) bond motifs is 2. The average molecular weight is 346 g/mol. The lowest BCUT2D eigenvalue weighted by Crippen LogP contribution is -2.53. The van der Waals surface area contributed by atoms with Gasteiger partial charge >= 0.3 is 0 Å². The van der Waals surface area contributed by atoms with Crippen molar-refractivity contribution in [2.75, 3.05) is 46.0 Å². The van der Waals surface area contributed by atoms with Crippen LogP contribution >= 0.6 is 0 Å². The molecule has 1 aromatic carbocycles. The molecule has 3 saturated heterocycles. The Morgan fingerprint density at radius 1 is 1.28 bits per heavy atom. The quantitative estimate of drug-likeness (QED) is 0.809. The fourth-order valence-corrected chi connectivity index (χ4v) is 5.09. The van der Waals surface area contributed by atoms with E-state index in [4.69, 9.17) is 14.2 Å². The van der Waals surface area contributed by atoms with Crippen LogP contribution in [0, 0.1) is 18.8 Å². The number of hydrogen-bond acceptors (Lipinski definition) is 6. The van der Waals surface area contributed by atoms with E-state index in [-0.39, 0.29) is 30.3 Å². The molecule has 0 radical (unpaired) electrons. The maximum atomic E-state index is 9.87. The first-order chi connectivity index (χ1) is 12.2. The molecule has 1 spiro atoms. The predicted octanol–water partition coefficient (Wildman–Crippen LogP) is 0.416. The first-order valence-electron chi connectivity index (χ1n) is 9.28. The number of benzene rings is 1. The highest BCUT2D eigenvalue weighted by molar-refractivity contribution is 5.43. The van der Waals surface area contributed by atoms with E-state index in [1.54, 1.807) is 0 Å². The summed E-state index contributed by atoms with van der Waals surface area (Å²) >= 11 is 0. The van der Waals surface area contributed by atoms with E-state index in [0.717, 1.165) is 37.7 Å². The molecule has 136 valence electrons. The van der Waals surface area contributed by atoms with Gasteiger partial charge in [-0.2, -0.15) is 0 Å². The molecular formula is C19H26N2O4. The summed E-state index contributed by atoms with van der Waals surface area (Å²) in [5.41, 5.74) is 1.01. The Morgan fingerprint density at radius 3 is 2.96 bits per heavy atom. The summed E-state index contributed by atoms with van der Waals surface area (Å²) < 4.78 is 18.5. The zero-order chi connectivity index (χ0) is 17.0. The number of aliphatic hydroxyl groups excluding tert-OH is 1. The molecule has 5 atom stereocenters. The van der Waals surface area contributed by atoms with Crippen LogP contribution in [0.3, 0.4) is 0 Å². The second-order valence-corrected chi connectivity index (χ2v) is 7.96. The maximum absolute atomic E-state index is 9.87. The number of morpholine rings is 1. The van der Waals surface area contributed by atoms with Crippen LogP contribution in [0.2, 0.25) is 0 Å². The molecule has 0 aromatic heterocycles. The molecule has 6 heteroatoms. The van der Waals surface area contributed by atoms with Crippen molar-refractivity contribution in [1.82, 2.24) is 10.2 Å². The molecule has 1 aromatic rings. The van der Waals surface area contributed by atoms with Gasteiger partial charge in [0.15, 0.2) is 11.5 Å². The van der Waals surface area contributed by atoms with Gasteiger partial charge in [-0.05, 0) is 24.6 Å². The number of aryl methyl sites for hydroxylation is 1. The topological polar surface area (TPSA) is 63.2 Å². The molecule has 0 aliphatic carbocycles. The van der Waals surface area contributed by atoms with Gasteiger partial charge in [0.05, 0.1) is 17.7 Å². The molecule has 2 N–H and O–H groups in total. The first-order valence-corrected chi connectivity index (χ1v) is 9.28. The van der Waals surface area contributed by atoms with Crippen molar-refractivity contribution in [2.24, 2.45) is 11.8 Å². The van der Waals surface area contributed by atoms with E-state index in [1.807, 2.05) is 12.1 Å². The van der Waals surface area contributed by atoms with Crippen LogP contribution in [-0.2, 0) is 4.74 Å². The van der Waals surface area contributed by atoms with E-state index < -0.39 is 0 Å². The molecule has 6 nitrogen and oxygen atoms in total. The third-order valence-electron chi connectivity index (χ3n) is 6.42. The summed E-state index contributed by atoms with van der Waals surface area (Å²) in [7, 11) is 0. The Labute approximate surface area is 148 Å². The van der Waals surface area contributed by atoms with Crippen LogP contribution in [-0.4, -0.2) is 73.8 Å². The Kier molecular flexibility index (Phi) is 3.71. The first kappa shape index (κ1) is 15.9. The van der Waals surface area contributed by atoms with Crippen molar-refractivity contribution in [3.8, 4) is 11.5 Å². The van der Waals surface area contributed by atoms with E-state index in [0.29, 0.717) is 19.1 Å². The fraction of sp³-hybridized carbons (Fsp3) is 0.684. The third-order valence-corrected chi connectivity index (χ3v) is 6.42. The lowest BCUT2D eigenvalue weighted by molar-refractivity contribution is -0.0779. The van der Waals surface area contributed by atoms with Crippen LogP contribution in [0.4, 0.5) is 0 Å². The van der Waals surface area contributed by atoms with Gasteiger partial charge in [-0.3, -0.25) is 4.90 Å². The fourth-order valence-electron chi connectivity index (χ4n) is 5.09. The van der Waals surface area contributed by atoms with Crippen molar-refractivity contribution in [1.29, 1.82) is 0 Å². The number of nitrogens with one attached hydrogen (secondary N) is 1.